The molecule has 0 aliphatic rings. The molecule has 0 atom stereocenters. The first kappa shape index (κ1) is 16.3. The predicted octanol–water partition coefficient (Wildman–Crippen LogP) is 2.35. The summed E-state index contributed by atoms with van der Waals surface area (Å²) >= 11 is 0. The van der Waals surface area contributed by atoms with E-state index in [-0.39, 0.29) is 16.9 Å². The third-order valence-electron chi connectivity index (χ3n) is 3.74. The molecular weight excluding hydrogens is 325 g/mol. The molecule has 126 valence electrons. The number of nitrogen functional groups attached to an aromatic ring is 1. The number of aromatic nitrogens is 3. The molecule has 0 aliphatic heterocycles. The molecule has 0 saturated heterocycles. The highest BCUT2D eigenvalue weighted by molar-refractivity contribution is 5.95. The third kappa shape index (κ3) is 2.72. The van der Waals surface area contributed by atoms with E-state index < -0.39 is 11.8 Å². The first-order chi connectivity index (χ1) is 12.0. The van der Waals surface area contributed by atoms with Crippen molar-refractivity contribution in [3.8, 4) is 17.4 Å². The molecule has 7 nitrogen and oxygen atoms in total. The molecule has 0 spiro atoms. The zero-order valence-corrected chi connectivity index (χ0v) is 13.5. The number of hydrogen-bond acceptors (Lipinski definition) is 5. The van der Waals surface area contributed by atoms with Gasteiger partial charge in [0.25, 0.3) is 0 Å². The Kier molecular flexibility index (Phi) is 3.99. The van der Waals surface area contributed by atoms with Crippen molar-refractivity contribution in [3.05, 3.63) is 59.7 Å². The molecule has 0 fully saturated rings. The predicted molar refractivity (Wildman–Crippen MR) is 88.1 cm³/mol. The molecule has 2 aromatic heterocycles. The Morgan fingerprint density at radius 1 is 1.40 bits per heavy atom. The topological polar surface area (TPSA) is 98.9 Å². The fourth-order valence-corrected chi connectivity index (χ4v) is 2.53. The maximum absolute atomic E-state index is 14.6. The van der Waals surface area contributed by atoms with Crippen LogP contribution in [0.5, 0.6) is 0 Å². The zero-order valence-electron chi connectivity index (χ0n) is 13.5. The molecular formula is C17H14FN5O2. The lowest BCUT2D eigenvalue weighted by atomic mass is 10.2. The van der Waals surface area contributed by atoms with Crippen LogP contribution in [-0.4, -0.2) is 27.2 Å². The summed E-state index contributed by atoms with van der Waals surface area (Å²) in [5.74, 6) is -1.23. The van der Waals surface area contributed by atoms with Crippen molar-refractivity contribution < 1.29 is 13.9 Å². The number of imidazole rings is 1. The minimum atomic E-state index is -0.714. The van der Waals surface area contributed by atoms with Crippen molar-refractivity contribution in [1.29, 1.82) is 5.26 Å². The molecule has 0 aliphatic carbocycles. The summed E-state index contributed by atoms with van der Waals surface area (Å²) in [7, 11) is 1.20. The maximum Gasteiger partial charge on any atom is 0.357 e. The van der Waals surface area contributed by atoms with Crippen LogP contribution >= 0.6 is 0 Å². The van der Waals surface area contributed by atoms with Gasteiger partial charge in [0.15, 0.2) is 5.69 Å². The van der Waals surface area contributed by atoms with Crippen LogP contribution in [-0.2, 0) is 4.74 Å². The average molecular weight is 339 g/mol. The van der Waals surface area contributed by atoms with Crippen LogP contribution in [0.4, 0.5) is 10.1 Å². The van der Waals surface area contributed by atoms with Crippen LogP contribution < -0.4 is 5.73 Å². The summed E-state index contributed by atoms with van der Waals surface area (Å²) in [6.07, 6.45) is 4.57. The number of nitrogens with zero attached hydrogens (tertiary/aromatic N) is 4. The van der Waals surface area contributed by atoms with E-state index in [1.54, 1.807) is 29.8 Å². The van der Waals surface area contributed by atoms with Crippen molar-refractivity contribution in [3.63, 3.8) is 0 Å². The Morgan fingerprint density at radius 2 is 2.16 bits per heavy atom. The smallest absolute Gasteiger partial charge is 0.357 e. The fourth-order valence-electron chi connectivity index (χ4n) is 2.53. The Bertz CT molecular complexity index is 1010. The lowest BCUT2D eigenvalue weighted by Crippen LogP contribution is -2.11. The molecule has 3 aromatic rings. The summed E-state index contributed by atoms with van der Waals surface area (Å²) in [5.41, 5.74) is 7.32. The van der Waals surface area contributed by atoms with E-state index in [1.807, 2.05) is 6.07 Å². The Morgan fingerprint density at radius 3 is 2.72 bits per heavy atom. The number of carbonyl (C=O) groups excluding carboxylic acids is 1. The Hall–Kier alpha value is -3.60. The van der Waals surface area contributed by atoms with E-state index in [9.17, 15) is 9.18 Å². The van der Waals surface area contributed by atoms with Gasteiger partial charge in [-0.25, -0.2) is 14.2 Å². The quantitative estimate of drug-likeness (QED) is 0.739. The number of hydrogen-bond donors (Lipinski definition) is 1. The lowest BCUT2D eigenvalue weighted by molar-refractivity contribution is 0.0593. The lowest BCUT2D eigenvalue weighted by Gasteiger charge is -2.11. The second-order valence-corrected chi connectivity index (χ2v) is 5.34. The molecule has 25 heavy (non-hydrogen) atoms. The zero-order chi connectivity index (χ0) is 18.1. The molecule has 0 radical (unpaired) electrons. The molecule has 0 unspecified atom stereocenters. The van der Waals surface area contributed by atoms with Crippen LogP contribution in [0, 0.1) is 24.1 Å². The van der Waals surface area contributed by atoms with E-state index >= 15 is 0 Å². The molecule has 0 amide bonds. The van der Waals surface area contributed by atoms with E-state index in [4.69, 9.17) is 15.7 Å². The molecule has 3 rings (SSSR count). The number of methoxy groups -OCH3 is 1. The highest BCUT2D eigenvalue weighted by Gasteiger charge is 2.22. The van der Waals surface area contributed by atoms with Crippen LogP contribution in [0.2, 0.25) is 0 Å². The fraction of sp³-hybridized carbons (Fsp3) is 0.118. The van der Waals surface area contributed by atoms with Crippen LogP contribution in [0.15, 0.2) is 36.9 Å². The van der Waals surface area contributed by atoms with Gasteiger partial charge in [-0.15, -0.1) is 0 Å². The van der Waals surface area contributed by atoms with E-state index in [0.717, 1.165) is 5.69 Å². The number of anilines is 1. The van der Waals surface area contributed by atoms with Gasteiger partial charge in [-0.3, -0.25) is 0 Å². The molecule has 0 bridgehead atoms. The van der Waals surface area contributed by atoms with Crippen molar-refractivity contribution in [2.45, 2.75) is 6.92 Å². The molecule has 1 aromatic carbocycles. The van der Waals surface area contributed by atoms with Gasteiger partial charge in [0, 0.05) is 24.1 Å². The SMILES string of the molecule is COC(=O)c1c(N)c(C#N)cn1-c1ccc(-n2cnc(C)c2)c(F)c1. The standard InChI is InChI=1S/C17H14FN5O2/c1-10-7-22(9-21-10)14-4-3-12(5-13(14)18)23-8-11(6-19)15(20)16(23)17(24)25-2/h3-5,7-9H,20H2,1-2H3. The van der Waals surface area contributed by atoms with Gasteiger partial charge in [0.1, 0.15) is 11.9 Å². The summed E-state index contributed by atoms with van der Waals surface area (Å²) in [6, 6.07) is 6.31. The second-order valence-electron chi connectivity index (χ2n) is 5.34. The van der Waals surface area contributed by atoms with E-state index in [2.05, 4.69) is 4.98 Å². The van der Waals surface area contributed by atoms with Crippen LogP contribution in [0.25, 0.3) is 11.4 Å². The number of ether oxygens (including phenoxy) is 1. The highest BCUT2D eigenvalue weighted by atomic mass is 19.1. The number of halogens is 1. The van der Waals surface area contributed by atoms with Gasteiger partial charge >= 0.3 is 5.97 Å². The van der Waals surface area contributed by atoms with Crippen molar-refractivity contribution in [1.82, 2.24) is 14.1 Å². The van der Waals surface area contributed by atoms with Crippen LogP contribution in [0.1, 0.15) is 21.7 Å². The molecule has 2 N–H and O–H groups in total. The van der Waals surface area contributed by atoms with Crippen LogP contribution in [0.3, 0.4) is 0 Å². The summed E-state index contributed by atoms with van der Waals surface area (Å²) in [4.78, 5) is 16.1. The largest absolute Gasteiger partial charge is 0.464 e. The van der Waals surface area contributed by atoms with Crippen molar-refractivity contribution in [2.24, 2.45) is 0 Å². The van der Waals surface area contributed by atoms with Gasteiger partial charge in [-0.2, -0.15) is 5.26 Å². The molecule has 0 saturated carbocycles. The number of nitriles is 1. The number of benzene rings is 1. The monoisotopic (exact) mass is 339 g/mol. The van der Waals surface area contributed by atoms with Gasteiger partial charge in [0.2, 0.25) is 0 Å². The third-order valence-corrected chi connectivity index (χ3v) is 3.74. The Labute approximate surface area is 142 Å². The van der Waals surface area contributed by atoms with E-state index in [1.165, 1.54) is 30.3 Å². The minimum absolute atomic E-state index is 0.0101. The summed E-state index contributed by atoms with van der Waals surface area (Å²) in [6.45, 7) is 1.80. The molecule has 8 heteroatoms. The average Bonchev–Trinajstić information content (AvgIpc) is 3.17. The highest BCUT2D eigenvalue weighted by Crippen LogP contribution is 2.26. The normalized spacial score (nSPS) is 10.5. The number of nitrogens with two attached hydrogens (primary N) is 1. The van der Waals surface area contributed by atoms with Crippen molar-refractivity contribution in [2.75, 3.05) is 12.8 Å². The van der Waals surface area contributed by atoms with Gasteiger partial charge < -0.3 is 19.6 Å². The number of esters is 1. The molecule has 2 heterocycles. The first-order valence-corrected chi connectivity index (χ1v) is 7.26. The van der Waals surface area contributed by atoms with E-state index in [0.29, 0.717) is 11.4 Å². The summed E-state index contributed by atoms with van der Waals surface area (Å²) in [5, 5.41) is 9.13. The van der Waals surface area contributed by atoms with Crippen molar-refractivity contribution >= 4 is 11.7 Å². The number of aryl methyl sites for hydroxylation is 1. The minimum Gasteiger partial charge on any atom is -0.464 e. The summed E-state index contributed by atoms with van der Waals surface area (Å²) < 4.78 is 22.2. The number of rotatable bonds is 3. The second kappa shape index (κ2) is 6.13. The maximum atomic E-state index is 14.6. The van der Waals surface area contributed by atoms with Gasteiger partial charge in [-0.05, 0) is 19.1 Å². The van der Waals surface area contributed by atoms with Gasteiger partial charge in [-0.1, -0.05) is 0 Å². The first-order valence-electron chi connectivity index (χ1n) is 7.26. The Balaban J connectivity index is 2.13. The number of carbonyl (C=O) groups is 1. The van der Waals surface area contributed by atoms with Gasteiger partial charge in [0.05, 0.1) is 36.1 Å².